The van der Waals surface area contributed by atoms with Crippen LogP contribution in [0.5, 0.6) is 0 Å². The Morgan fingerprint density at radius 3 is 1.74 bits per heavy atom. The van der Waals surface area contributed by atoms with Gasteiger partial charge in [0.2, 0.25) is 5.82 Å². The molecule has 4 nitrogen and oxygen atoms in total. The van der Waals surface area contributed by atoms with Gasteiger partial charge >= 0.3 is 5.69 Å². The quantitative estimate of drug-likeness (QED) is 0.0938. The van der Waals surface area contributed by atoms with E-state index in [1.165, 1.54) is 102 Å². The van der Waals surface area contributed by atoms with E-state index in [1.54, 1.807) is 12.1 Å². The molecule has 0 saturated heterocycles. The predicted octanol–water partition coefficient (Wildman–Crippen LogP) is 9.80. The summed E-state index contributed by atoms with van der Waals surface area (Å²) in [5.74, 6) is -0.819. The molecule has 35 heavy (non-hydrogen) atoms. The van der Waals surface area contributed by atoms with Gasteiger partial charge < -0.3 is 5.32 Å². The van der Waals surface area contributed by atoms with Crippen LogP contribution < -0.4 is 5.32 Å². The fourth-order valence-electron chi connectivity index (χ4n) is 4.23. The van der Waals surface area contributed by atoms with E-state index in [1.807, 2.05) is 30.3 Å². The lowest BCUT2D eigenvalue weighted by atomic mass is 10.0. The number of rotatable bonds is 19. The normalized spacial score (nSPS) is 11.3. The number of unbranched alkanes of at least 4 members (excludes halogenated alkanes) is 13. The standard InChI is InChI=1S/C30H43FN2O2/c1-2-3-4-5-6-7-8-9-10-11-12-13-14-15-24-32-28-21-18-26(19-22-28)16-17-27-20-23-30(33(34)35)29(31)25-27/h16-23,25,32H,2-15,24H2,1H3. The highest BCUT2D eigenvalue weighted by Gasteiger charge is 2.12. The first-order valence-electron chi connectivity index (χ1n) is 13.6. The molecule has 5 heteroatoms. The smallest absolute Gasteiger partial charge is 0.304 e. The Bertz CT molecular complexity index is 880. The molecular formula is C30H43FN2O2. The number of hydrogen-bond donors (Lipinski definition) is 1. The second kappa shape index (κ2) is 17.7. The fourth-order valence-corrected chi connectivity index (χ4v) is 4.23. The van der Waals surface area contributed by atoms with Gasteiger partial charge in [-0.1, -0.05) is 115 Å². The second-order valence-corrected chi connectivity index (χ2v) is 9.45. The number of anilines is 1. The van der Waals surface area contributed by atoms with Crippen LogP contribution in [0, 0.1) is 15.9 Å². The zero-order chi connectivity index (χ0) is 25.1. The van der Waals surface area contributed by atoms with Gasteiger partial charge in [0.25, 0.3) is 0 Å². The lowest BCUT2D eigenvalue weighted by molar-refractivity contribution is -0.387. The average Bonchev–Trinajstić information content (AvgIpc) is 2.85. The molecule has 0 saturated carbocycles. The first kappa shape index (κ1) is 28.5. The van der Waals surface area contributed by atoms with Gasteiger partial charge in [0.15, 0.2) is 0 Å². The molecule has 0 aromatic heterocycles. The van der Waals surface area contributed by atoms with E-state index in [-0.39, 0.29) is 0 Å². The highest BCUT2D eigenvalue weighted by atomic mass is 19.1. The van der Waals surface area contributed by atoms with Gasteiger partial charge in [-0.2, -0.15) is 4.39 Å². The molecule has 0 radical (unpaired) electrons. The van der Waals surface area contributed by atoms with Crippen LogP contribution in [0.15, 0.2) is 42.5 Å². The number of nitro groups is 1. The maximum absolute atomic E-state index is 13.7. The third-order valence-electron chi connectivity index (χ3n) is 6.41. The summed E-state index contributed by atoms with van der Waals surface area (Å²) in [5, 5.41) is 14.2. The van der Waals surface area contributed by atoms with Gasteiger partial charge in [-0.25, -0.2) is 0 Å². The summed E-state index contributed by atoms with van der Waals surface area (Å²) in [7, 11) is 0. The number of halogens is 1. The SMILES string of the molecule is CCCCCCCCCCCCCCCCNc1ccc(C=Cc2ccc([N+](=O)[O-])c(F)c2)cc1. The molecule has 2 rings (SSSR count). The van der Waals surface area contributed by atoms with Crippen molar-refractivity contribution >= 4 is 23.5 Å². The lowest BCUT2D eigenvalue weighted by Gasteiger charge is -2.07. The Morgan fingerprint density at radius 2 is 1.23 bits per heavy atom. The van der Waals surface area contributed by atoms with Gasteiger partial charge in [0.05, 0.1) is 4.92 Å². The molecule has 0 aliphatic heterocycles. The van der Waals surface area contributed by atoms with Crippen LogP contribution in [0.2, 0.25) is 0 Å². The fraction of sp³-hybridized carbons (Fsp3) is 0.533. The molecule has 1 N–H and O–H groups in total. The van der Waals surface area contributed by atoms with E-state index >= 15 is 0 Å². The van der Waals surface area contributed by atoms with Crippen molar-refractivity contribution < 1.29 is 9.31 Å². The van der Waals surface area contributed by atoms with Crippen LogP contribution in [0.25, 0.3) is 12.2 Å². The van der Waals surface area contributed by atoms with Crippen molar-refractivity contribution in [2.45, 2.75) is 96.8 Å². The first-order chi connectivity index (χ1) is 17.1. The second-order valence-electron chi connectivity index (χ2n) is 9.45. The van der Waals surface area contributed by atoms with Crippen molar-refractivity contribution in [3.05, 3.63) is 69.5 Å². The first-order valence-corrected chi connectivity index (χ1v) is 13.6. The Kier molecular flexibility index (Phi) is 14.4. The van der Waals surface area contributed by atoms with E-state index in [2.05, 4.69) is 12.2 Å². The number of benzene rings is 2. The summed E-state index contributed by atoms with van der Waals surface area (Å²) >= 11 is 0. The third kappa shape index (κ3) is 12.5. The molecule has 192 valence electrons. The maximum Gasteiger partial charge on any atom is 0.304 e. The minimum atomic E-state index is -0.819. The molecule has 0 fully saturated rings. The molecule has 0 atom stereocenters. The number of nitrogens with one attached hydrogen (secondary N) is 1. The summed E-state index contributed by atoms with van der Waals surface area (Å²) in [5.41, 5.74) is 2.17. The maximum atomic E-state index is 13.7. The van der Waals surface area contributed by atoms with Crippen LogP contribution in [-0.2, 0) is 0 Å². The number of hydrogen-bond acceptors (Lipinski definition) is 3. The average molecular weight is 483 g/mol. The summed E-state index contributed by atoms with van der Waals surface area (Å²) in [6, 6.07) is 12.0. The Labute approximate surface area is 211 Å². The molecule has 2 aromatic carbocycles. The number of nitro benzene ring substituents is 1. The molecule has 2 aromatic rings. The van der Waals surface area contributed by atoms with Gasteiger partial charge in [-0.3, -0.25) is 10.1 Å². The van der Waals surface area contributed by atoms with Crippen LogP contribution in [-0.4, -0.2) is 11.5 Å². The van der Waals surface area contributed by atoms with Gasteiger partial charge in [0, 0.05) is 18.3 Å². The molecular weight excluding hydrogens is 439 g/mol. The van der Waals surface area contributed by atoms with E-state index in [0.29, 0.717) is 5.56 Å². The summed E-state index contributed by atoms with van der Waals surface area (Å²) < 4.78 is 13.7. The molecule has 0 heterocycles. The van der Waals surface area contributed by atoms with Crippen molar-refractivity contribution in [2.75, 3.05) is 11.9 Å². The summed E-state index contributed by atoms with van der Waals surface area (Å²) in [6.07, 6.45) is 22.8. The van der Waals surface area contributed by atoms with Crippen LogP contribution in [0.3, 0.4) is 0 Å². The minimum Gasteiger partial charge on any atom is -0.385 e. The van der Waals surface area contributed by atoms with Crippen molar-refractivity contribution in [3.63, 3.8) is 0 Å². The number of nitrogens with zero attached hydrogens (tertiary/aromatic N) is 1. The Hall–Kier alpha value is -2.69. The van der Waals surface area contributed by atoms with Crippen molar-refractivity contribution in [2.24, 2.45) is 0 Å². The summed E-state index contributed by atoms with van der Waals surface area (Å²) in [4.78, 5) is 9.99. The molecule has 0 aliphatic carbocycles. The van der Waals surface area contributed by atoms with Gasteiger partial charge in [-0.05, 0) is 41.8 Å². The highest BCUT2D eigenvalue weighted by molar-refractivity contribution is 5.71. The minimum absolute atomic E-state index is 0.503. The van der Waals surface area contributed by atoms with Crippen molar-refractivity contribution in [1.82, 2.24) is 0 Å². The van der Waals surface area contributed by atoms with Gasteiger partial charge in [-0.15, -0.1) is 0 Å². The molecule has 0 spiro atoms. The van der Waals surface area contributed by atoms with Crippen molar-refractivity contribution in [3.8, 4) is 0 Å². The van der Waals surface area contributed by atoms with Crippen LogP contribution in [0.4, 0.5) is 15.8 Å². The molecule has 0 amide bonds. The topological polar surface area (TPSA) is 55.2 Å². The monoisotopic (exact) mass is 482 g/mol. The van der Waals surface area contributed by atoms with Crippen LogP contribution in [0.1, 0.15) is 108 Å². The Balaban J connectivity index is 1.50. The molecule has 0 unspecified atom stereocenters. The van der Waals surface area contributed by atoms with Crippen LogP contribution >= 0.6 is 0 Å². The van der Waals surface area contributed by atoms with E-state index in [0.717, 1.165) is 17.8 Å². The Morgan fingerprint density at radius 1 is 0.743 bits per heavy atom. The van der Waals surface area contributed by atoms with E-state index in [9.17, 15) is 14.5 Å². The third-order valence-corrected chi connectivity index (χ3v) is 6.41. The predicted molar refractivity (Wildman–Crippen MR) is 147 cm³/mol. The van der Waals surface area contributed by atoms with E-state index in [4.69, 9.17) is 0 Å². The lowest BCUT2D eigenvalue weighted by Crippen LogP contribution is -2.01. The molecule has 0 aliphatic rings. The zero-order valence-electron chi connectivity index (χ0n) is 21.4. The van der Waals surface area contributed by atoms with Crippen molar-refractivity contribution in [1.29, 1.82) is 0 Å². The zero-order valence-corrected chi connectivity index (χ0v) is 21.4. The van der Waals surface area contributed by atoms with E-state index < -0.39 is 16.4 Å². The van der Waals surface area contributed by atoms with Gasteiger partial charge in [0.1, 0.15) is 0 Å². The largest absolute Gasteiger partial charge is 0.385 e. The highest BCUT2D eigenvalue weighted by Crippen LogP contribution is 2.20. The molecule has 0 bridgehead atoms. The summed E-state index contributed by atoms with van der Waals surface area (Å²) in [6.45, 7) is 3.26.